The molecule has 25 heavy (non-hydrogen) atoms. The van der Waals surface area contributed by atoms with E-state index < -0.39 is 0 Å². The van der Waals surface area contributed by atoms with Crippen molar-refractivity contribution < 1.29 is 9.53 Å². The van der Waals surface area contributed by atoms with Crippen LogP contribution in [0.5, 0.6) is 5.75 Å². The summed E-state index contributed by atoms with van der Waals surface area (Å²) in [5, 5.41) is 6.97. The highest BCUT2D eigenvalue weighted by molar-refractivity contribution is 6.30. The monoisotopic (exact) mass is 358 g/mol. The number of ether oxygens (including phenoxy) is 1. The lowest BCUT2D eigenvalue weighted by Gasteiger charge is -2.23. The van der Waals surface area contributed by atoms with Gasteiger partial charge in [0.25, 0.3) is 5.91 Å². The average molecular weight is 359 g/mol. The van der Waals surface area contributed by atoms with Crippen LogP contribution < -0.4 is 15.4 Å². The molecule has 3 rings (SSSR count). The summed E-state index contributed by atoms with van der Waals surface area (Å²) in [6.07, 6.45) is 2.40. The van der Waals surface area contributed by atoms with Crippen LogP contribution in [0.15, 0.2) is 42.5 Å². The molecule has 1 unspecified atom stereocenters. The minimum absolute atomic E-state index is 0.102. The van der Waals surface area contributed by atoms with Gasteiger partial charge in [-0.15, -0.1) is 0 Å². The summed E-state index contributed by atoms with van der Waals surface area (Å²) < 4.78 is 5.31. The lowest BCUT2D eigenvalue weighted by Crippen LogP contribution is -2.28. The van der Waals surface area contributed by atoms with Crippen LogP contribution in [-0.4, -0.2) is 26.1 Å². The molecule has 0 aliphatic carbocycles. The Balaban J connectivity index is 1.62. The van der Waals surface area contributed by atoms with Gasteiger partial charge in [0, 0.05) is 29.2 Å². The molecular formula is C20H23ClN2O2. The molecule has 1 saturated heterocycles. The van der Waals surface area contributed by atoms with E-state index >= 15 is 0 Å². The minimum atomic E-state index is -0.102. The van der Waals surface area contributed by atoms with E-state index in [4.69, 9.17) is 16.3 Å². The number of halogens is 1. The first kappa shape index (κ1) is 17.8. The van der Waals surface area contributed by atoms with E-state index in [1.54, 1.807) is 25.3 Å². The van der Waals surface area contributed by atoms with Crippen molar-refractivity contribution in [3.05, 3.63) is 64.2 Å². The van der Waals surface area contributed by atoms with Gasteiger partial charge in [-0.05, 0) is 61.2 Å². The van der Waals surface area contributed by atoms with E-state index in [9.17, 15) is 4.79 Å². The van der Waals surface area contributed by atoms with Crippen molar-refractivity contribution >= 4 is 17.5 Å². The quantitative estimate of drug-likeness (QED) is 0.855. The van der Waals surface area contributed by atoms with E-state index in [-0.39, 0.29) is 5.91 Å². The predicted molar refractivity (Wildman–Crippen MR) is 100 cm³/mol. The summed E-state index contributed by atoms with van der Waals surface area (Å²) in [5.74, 6) is 1.15. The minimum Gasteiger partial charge on any atom is -0.496 e. The van der Waals surface area contributed by atoms with E-state index in [1.165, 1.54) is 18.4 Å². The molecule has 0 aromatic heterocycles. The number of rotatable bonds is 5. The second-order valence-electron chi connectivity index (χ2n) is 6.30. The predicted octanol–water partition coefficient (Wildman–Crippen LogP) is 3.75. The Morgan fingerprint density at radius 1 is 1.28 bits per heavy atom. The molecule has 5 heteroatoms. The summed E-state index contributed by atoms with van der Waals surface area (Å²) in [4.78, 5) is 12.4. The first-order valence-electron chi connectivity index (χ1n) is 8.58. The molecule has 2 aromatic carbocycles. The van der Waals surface area contributed by atoms with Gasteiger partial charge >= 0.3 is 0 Å². The molecule has 0 saturated carbocycles. The molecule has 1 aliphatic heterocycles. The van der Waals surface area contributed by atoms with Crippen molar-refractivity contribution in [1.82, 2.24) is 10.6 Å². The zero-order chi connectivity index (χ0) is 17.6. The van der Waals surface area contributed by atoms with Gasteiger partial charge in [-0.1, -0.05) is 23.7 Å². The molecule has 0 spiro atoms. The molecule has 1 aliphatic rings. The van der Waals surface area contributed by atoms with Gasteiger partial charge in [0.1, 0.15) is 5.75 Å². The summed E-state index contributed by atoms with van der Waals surface area (Å²) in [6, 6.07) is 13.3. The number of carbonyl (C=O) groups excluding carboxylic acids is 1. The molecule has 4 nitrogen and oxygen atoms in total. The highest BCUT2D eigenvalue weighted by Gasteiger charge is 2.15. The van der Waals surface area contributed by atoms with E-state index in [0.29, 0.717) is 28.8 Å². The maximum atomic E-state index is 12.4. The Bertz CT molecular complexity index is 725. The standard InChI is InChI=1S/C20H23ClN2O2/c1-25-19-9-8-18(21)11-17(19)13-23-20(24)15-6-4-14(5-7-15)16-3-2-10-22-12-16/h4-9,11,16,22H,2-3,10,12-13H2,1H3,(H,23,24). The topological polar surface area (TPSA) is 50.4 Å². The molecule has 1 fully saturated rings. The average Bonchev–Trinajstić information content (AvgIpc) is 2.67. The third kappa shape index (κ3) is 4.53. The first-order valence-corrected chi connectivity index (χ1v) is 8.96. The summed E-state index contributed by atoms with van der Waals surface area (Å²) in [7, 11) is 1.60. The van der Waals surface area contributed by atoms with Crippen LogP contribution in [0.25, 0.3) is 0 Å². The SMILES string of the molecule is COc1ccc(Cl)cc1CNC(=O)c1ccc(C2CCCNC2)cc1. The normalized spacial score (nSPS) is 17.1. The van der Waals surface area contributed by atoms with Crippen LogP contribution in [0.2, 0.25) is 5.02 Å². The van der Waals surface area contributed by atoms with Crippen molar-refractivity contribution in [2.45, 2.75) is 25.3 Å². The van der Waals surface area contributed by atoms with E-state index in [0.717, 1.165) is 18.7 Å². The van der Waals surface area contributed by atoms with Crippen molar-refractivity contribution in [2.75, 3.05) is 20.2 Å². The van der Waals surface area contributed by atoms with Crippen LogP contribution in [-0.2, 0) is 6.54 Å². The van der Waals surface area contributed by atoms with Crippen LogP contribution >= 0.6 is 11.6 Å². The number of amides is 1. The Morgan fingerprint density at radius 3 is 2.76 bits per heavy atom. The molecule has 0 radical (unpaired) electrons. The van der Waals surface area contributed by atoms with Gasteiger partial charge in [-0.3, -0.25) is 4.79 Å². The Kier molecular flexibility index (Phi) is 5.95. The lowest BCUT2D eigenvalue weighted by molar-refractivity contribution is 0.0950. The van der Waals surface area contributed by atoms with Crippen LogP contribution in [0.3, 0.4) is 0 Å². The van der Waals surface area contributed by atoms with Crippen LogP contribution in [0.1, 0.15) is 40.2 Å². The molecule has 132 valence electrons. The molecule has 1 amide bonds. The van der Waals surface area contributed by atoms with Gasteiger partial charge in [0.15, 0.2) is 0 Å². The van der Waals surface area contributed by atoms with E-state index in [1.807, 2.05) is 12.1 Å². The van der Waals surface area contributed by atoms with Crippen molar-refractivity contribution in [1.29, 1.82) is 0 Å². The molecule has 2 aromatic rings. The van der Waals surface area contributed by atoms with Crippen molar-refractivity contribution in [3.63, 3.8) is 0 Å². The number of nitrogens with one attached hydrogen (secondary N) is 2. The first-order chi connectivity index (χ1) is 12.2. The number of benzene rings is 2. The molecular weight excluding hydrogens is 336 g/mol. The Morgan fingerprint density at radius 2 is 2.08 bits per heavy atom. The van der Waals surface area contributed by atoms with Crippen molar-refractivity contribution in [2.24, 2.45) is 0 Å². The van der Waals surface area contributed by atoms with Gasteiger partial charge in [-0.2, -0.15) is 0 Å². The largest absolute Gasteiger partial charge is 0.496 e. The molecule has 0 bridgehead atoms. The lowest BCUT2D eigenvalue weighted by atomic mass is 9.91. The van der Waals surface area contributed by atoms with Crippen molar-refractivity contribution in [3.8, 4) is 5.75 Å². The fourth-order valence-corrected chi connectivity index (χ4v) is 3.40. The molecule has 1 heterocycles. The van der Waals surface area contributed by atoms with Crippen LogP contribution in [0, 0.1) is 0 Å². The number of piperidine rings is 1. The fraction of sp³-hybridized carbons (Fsp3) is 0.350. The molecule has 1 atom stereocenters. The highest BCUT2D eigenvalue weighted by atomic mass is 35.5. The Hall–Kier alpha value is -2.04. The second kappa shape index (κ2) is 8.37. The smallest absolute Gasteiger partial charge is 0.251 e. The second-order valence-corrected chi connectivity index (χ2v) is 6.74. The number of hydrogen-bond acceptors (Lipinski definition) is 3. The van der Waals surface area contributed by atoms with Gasteiger partial charge in [0.2, 0.25) is 0 Å². The highest BCUT2D eigenvalue weighted by Crippen LogP contribution is 2.24. The maximum absolute atomic E-state index is 12.4. The zero-order valence-corrected chi connectivity index (χ0v) is 15.1. The van der Waals surface area contributed by atoms with Crippen LogP contribution in [0.4, 0.5) is 0 Å². The van der Waals surface area contributed by atoms with Gasteiger partial charge in [-0.25, -0.2) is 0 Å². The summed E-state index contributed by atoms with van der Waals surface area (Å²) in [5.41, 5.74) is 2.81. The summed E-state index contributed by atoms with van der Waals surface area (Å²) >= 11 is 6.02. The summed E-state index contributed by atoms with van der Waals surface area (Å²) in [6.45, 7) is 2.49. The maximum Gasteiger partial charge on any atom is 0.251 e. The Labute approximate surface area is 153 Å². The number of hydrogen-bond donors (Lipinski definition) is 2. The molecule has 2 N–H and O–H groups in total. The van der Waals surface area contributed by atoms with Gasteiger partial charge in [0.05, 0.1) is 7.11 Å². The zero-order valence-electron chi connectivity index (χ0n) is 14.3. The third-order valence-corrected chi connectivity index (χ3v) is 4.86. The number of carbonyl (C=O) groups is 1. The number of methoxy groups -OCH3 is 1. The fourth-order valence-electron chi connectivity index (χ4n) is 3.21. The van der Waals surface area contributed by atoms with Gasteiger partial charge < -0.3 is 15.4 Å². The van der Waals surface area contributed by atoms with E-state index in [2.05, 4.69) is 22.8 Å². The third-order valence-electron chi connectivity index (χ3n) is 4.62.